The van der Waals surface area contributed by atoms with E-state index in [9.17, 15) is 14.4 Å². The summed E-state index contributed by atoms with van der Waals surface area (Å²) in [4.78, 5) is 43.3. The minimum Gasteiger partial charge on any atom is -0.383 e. The number of carbonyl (C=O) groups is 3. The first-order chi connectivity index (χ1) is 16.8. The molecular weight excluding hydrogens is 446 g/mol. The maximum absolute atomic E-state index is 13.8. The molecule has 0 radical (unpaired) electrons. The van der Waals surface area contributed by atoms with Crippen molar-refractivity contribution >= 4 is 17.7 Å². The molecule has 0 bridgehead atoms. The molecule has 8 heteroatoms. The number of hydrogen-bond acceptors (Lipinski definition) is 5. The quantitative estimate of drug-likeness (QED) is 0.644. The van der Waals surface area contributed by atoms with E-state index in [0.717, 1.165) is 11.1 Å². The zero-order valence-corrected chi connectivity index (χ0v) is 20.6. The second-order valence-corrected chi connectivity index (χ2v) is 9.26. The van der Waals surface area contributed by atoms with Crippen LogP contribution in [0.25, 0.3) is 0 Å². The molecule has 2 aliphatic rings. The van der Waals surface area contributed by atoms with Gasteiger partial charge in [0.25, 0.3) is 11.8 Å². The van der Waals surface area contributed by atoms with E-state index in [1.165, 1.54) is 0 Å². The van der Waals surface area contributed by atoms with E-state index in [2.05, 4.69) is 5.32 Å². The SMILES string of the molecule is COCCNC(=O)C1COC2(CCN(C(=O)c3cccc(C)c3)CC2)N1C(=O)c1cccc(C)c1. The maximum Gasteiger partial charge on any atom is 0.256 e. The van der Waals surface area contributed by atoms with E-state index in [1.807, 2.05) is 56.3 Å². The van der Waals surface area contributed by atoms with Gasteiger partial charge in [-0.2, -0.15) is 0 Å². The average Bonchev–Trinajstić information content (AvgIpc) is 3.22. The van der Waals surface area contributed by atoms with E-state index in [1.54, 1.807) is 23.0 Å². The third-order valence-corrected chi connectivity index (χ3v) is 6.75. The molecule has 2 fully saturated rings. The first kappa shape index (κ1) is 24.9. The summed E-state index contributed by atoms with van der Waals surface area (Å²) in [5.74, 6) is -0.540. The third kappa shape index (κ3) is 5.23. The summed E-state index contributed by atoms with van der Waals surface area (Å²) in [7, 11) is 1.57. The lowest BCUT2D eigenvalue weighted by Gasteiger charge is -2.44. The first-order valence-corrected chi connectivity index (χ1v) is 12.0. The van der Waals surface area contributed by atoms with Gasteiger partial charge in [-0.15, -0.1) is 0 Å². The van der Waals surface area contributed by atoms with Crippen molar-refractivity contribution in [2.75, 3.05) is 40.0 Å². The van der Waals surface area contributed by atoms with Gasteiger partial charge in [0.2, 0.25) is 5.91 Å². The highest BCUT2D eigenvalue weighted by atomic mass is 16.5. The summed E-state index contributed by atoms with van der Waals surface area (Å²) in [6, 6.07) is 14.1. The third-order valence-electron chi connectivity index (χ3n) is 6.75. The van der Waals surface area contributed by atoms with Gasteiger partial charge >= 0.3 is 0 Å². The number of amides is 3. The molecule has 1 N–H and O–H groups in total. The van der Waals surface area contributed by atoms with E-state index < -0.39 is 11.8 Å². The Hall–Kier alpha value is -3.23. The van der Waals surface area contributed by atoms with Crippen molar-refractivity contribution in [1.82, 2.24) is 15.1 Å². The van der Waals surface area contributed by atoms with Crippen molar-refractivity contribution < 1.29 is 23.9 Å². The Morgan fingerprint density at radius 3 is 2.17 bits per heavy atom. The van der Waals surface area contributed by atoms with Crippen LogP contribution in [0.5, 0.6) is 0 Å². The van der Waals surface area contributed by atoms with Crippen LogP contribution in [0.3, 0.4) is 0 Å². The zero-order valence-electron chi connectivity index (χ0n) is 20.6. The molecule has 2 aromatic carbocycles. The van der Waals surface area contributed by atoms with Gasteiger partial charge in [0.15, 0.2) is 0 Å². The van der Waals surface area contributed by atoms with Crippen LogP contribution in [0.1, 0.15) is 44.7 Å². The number of likely N-dealkylation sites (tertiary alicyclic amines) is 1. The molecule has 3 amide bonds. The van der Waals surface area contributed by atoms with Crippen molar-refractivity contribution in [3.05, 3.63) is 70.8 Å². The molecule has 0 aliphatic carbocycles. The van der Waals surface area contributed by atoms with E-state index in [0.29, 0.717) is 50.2 Å². The number of methoxy groups -OCH3 is 1. The Morgan fingerprint density at radius 1 is 1.00 bits per heavy atom. The van der Waals surface area contributed by atoms with Gasteiger partial charge in [0, 0.05) is 50.7 Å². The van der Waals surface area contributed by atoms with Crippen LogP contribution < -0.4 is 5.32 Å². The Balaban J connectivity index is 1.56. The molecule has 8 nitrogen and oxygen atoms in total. The minimum absolute atomic E-state index is 0.0352. The molecule has 2 heterocycles. The normalized spacial score (nSPS) is 19.1. The number of rotatable bonds is 6. The number of benzene rings is 2. The number of nitrogens with one attached hydrogen (secondary N) is 1. The summed E-state index contributed by atoms with van der Waals surface area (Å²) >= 11 is 0. The molecule has 35 heavy (non-hydrogen) atoms. The standard InChI is InChI=1S/C27H33N3O5/c1-19-6-4-8-21(16-19)25(32)29-13-10-27(11-14-29)30(26(33)22-9-5-7-20(2)17-22)23(18-35-27)24(31)28-12-15-34-3/h4-9,16-17,23H,10-15,18H2,1-3H3,(H,28,31). The van der Waals surface area contributed by atoms with Crippen LogP contribution >= 0.6 is 0 Å². The Kier molecular flexibility index (Phi) is 7.52. The highest BCUT2D eigenvalue weighted by Crippen LogP contribution is 2.39. The lowest BCUT2D eigenvalue weighted by atomic mass is 9.95. The number of carbonyl (C=O) groups excluding carboxylic acids is 3. The van der Waals surface area contributed by atoms with Crippen molar-refractivity contribution in [3.63, 3.8) is 0 Å². The van der Waals surface area contributed by atoms with Crippen molar-refractivity contribution in [1.29, 1.82) is 0 Å². The molecule has 1 spiro atoms. The summed E-state index contributed by atoms with van der Waals surface area (Å²) in [5.41, 5.74) is 2.22. The number of hydrogen-bond donors (Lipinski definition) is 1. The van der Waals surface area contributed by atoms with Crippen LogP contribution in [0.15, 0.2) is 48.5 Å². The second-order valence-electron chi connectivity index (χ2n) is 9.26. The van der Waals surface area contributed by atoms with Gasteiger partial charge in [-0.1, -0.05) is 35.4 Å². The van der Waals surface area contributed by atoms with Crippen LogP contribution in [0.4, 0.5) is 0 Å². The minimum atomic E-state index is -0.937. The molecule has 4 rings (SSSR count). The van der Waals surface area contributed by atoms with Gasteiger partial charge in [0.1, 0.15) is 11.8 Å². The van der Waals surface area contributed by atoms with Gasteiger partial charge in [-0.25, -0.2) is 0 Å². The summed E-state index contributed by atoms with van der Waals surface area (Å²) in [5, 5.41) is 2.85. The van der Waals surface area contributed by atoms with Gasteiger partial charge < -0.3 is 19.7 Å². The molecule has 0 saturated carbocycles. The highest BCUT2D eigenvalue weighted by Gasteiger charge is 2.54. The lowest BCUT2D eigenvalue weighted by Crippen LogP contribution is -2.60. The fraction of sp³-hybridized carbons (Fsp3) is 0.444. The van der Waals surface area contributed by atoms with Crippen molar-refractivity contribution in [2.24, 2.45) is 0 Å². The largest absolute Gasteiger partial charge is 0.383 e. The number of aryl methyl sites for hydroxylation is 2. The highest BCUT2D eigenvalue weighted by molar-refractivity contribution is 5.99. The van der Waals surface area contributed by atoms with Crippen molar-refractivity contribution in [3.8, 4) is 0 Å². The molecule has 2 aromatic rings. The first-order valence-electron chi connectivity index (χ1n) is 12.0. The summed E-state index contributed by atoms with van der Waals surface area (Å²) < 4.78 is 11.3. The van der Waals surface area contributed by atoms with Crippen LogP contribution in [0.2, 0.25) is 0 Å². The summed E-state index contributed by atoms with van der Waals surface area (Å²) in [6.45, 7) is 5.60. The molecule has 0 aromatic heterocycles. The second kappa shape index (κ2) is 10.6. The van der Waals surface area contributed by atoms with E-state index in [-0.39, 0.29) is 24.3 Å². The topological polar surface area (TPSA) is 88.2 Å². The molecular formula is C27H33N3O5. The Labute approximate surface area is 206 Å². The van der Waals surface area contributed by atoms with Crippen LogP contribution in [-0.2, 0) is 14.3 Å². The summed E-state index contributed by atoms with van der Waals surface area (Å²) in [6.07, 6.45) is 0.869. The monoisotopic (exact) mass is 479 g/mol. The Morgan fingerprint density at radius 2 is 1.60 bits per heavy atom. The number of nitrogens with zero attached hydrogens (tertiary/aromatic N) is 2. The molecule has 186 valence electrons. The number of piperidine rings is 1. The van der Waals surface area contributed by atoms with Crippen LogP contribution in [0, 0.1) is 13.8 Å². The molecule has 1 unspecified atom stereocenters. The van der Waals surface area contributed by atoms with Gasteiger partial charge in [-0.3, -0.25) is 19.3 Å². The van der Waals surface area contributed by atoms with E-state index in [4.69, 9.17) is 9.47 Å². The maximum atomic E-state index is 13.8. The predicted molar refractivity (Wildman–Crippen MR) is 131 cm³/mol. The fourth-order valence-electron chi connectivity index (χ4n) is 4.90. The van der Waals surface area contributed by atoms with Gasteiger partial charge in [0.05, 0.1) is 13.2 Å². The van der Waals surface area contributed by atoms with E-state index >= 15 is 0 Å². The van der Waals surface area contributed by atoms with Crippen LogP contribution in [-0.4, -0.2) is 79.2 Å². The molecule has 2 saturated heterocycles. The smallest absolute Gasteiger partial charge is 0.256 e. The fourth-order valence-corrected chi connectivity index (χ4v) is 4.90. The average molecular weight is 480 g/mol. The predicted octanol–water partition coefficient (Wildman–Crippen LogP) is 2.54. The molecule has 2 aliphatic heterocycles. The van der Waals surface area contributed by atoms with Gasteiger partial charge in [-0.05, 0) is 38.1 Å². The number of ether oxygens (including phenoxy) is 2. The zero-order chi connectivity index (χ0) is 25.0. The lowest BCUT2D eigenvalue weighted by molar-refractivity contribution is -0.128. The molecule has 1 atom stereocenters. The Bertz CT molecular complexity index is 1090. The van der Waals surface area contributed by atoms with Crippen molar-refractivity contribution in [2.45, 2.75) is 38.5 Å².